The fourth-order valence-electron chi connectivity index (χ4n) is 3.79. The number of rotatable bonds is 10. The Kier molecular flexibility index (Phi) is 9.65. The van der Waals surface area contributed by atoms with E-state index in [1.54, 1.807) is 0 Å². The summed E-state index contributed by atoms with van der Waals surface area (Å²) in [5, 5.41) is 0. The molecule has 0 aromatic rings. The summed E-state index contributed by atoms with van der Waals surface area (Å²) < 4.78 is 0. The van der Waals surface area contributed by atoms with Crippen LogP contribution in [0.5, 0.6) is 0 Å². The zero-order valence-electron chi connectivity index (χ0n) is 13.9. The van der Waals surface area contributed by atoms with Crippen LogP contribution >= 0.6 is 0 Å². The minimum atomic E-state index is 0.896. The monoisotopic (exact) mass is 266 g/mol. The van der Waals surface area contributed by atoms with Gasteiger partial charge in [-0.2, -0.15) is 0 Å². The Balaban J connectivity index is 2.10. The van der Waals surface area contributed by atoms with Gasteiger partial charge >= 0.3 is 0 Å². The second kappa shape index (κ2) is 10.7. The maximum absolute atomic E-state index is 2.44. The lowest BCUT2D eigenvalue weighted by Crippen LogP contribution is -2.11. The van der Waals surface area contributed by atoms with E-state index in [4.69, 9.17) is 0 Å². The van der Waals surface area contributed by atoms with Crippen LogP contribution in [0.15, 0.2) is 0 Å². The minimum absolute atomic E-state index is 0.896. The van der Waals surface area contributed by atoms with Crippen molar-refractivity contribution in [3.63, 3.8) is 0 Å². The predicted octanol–water partition coefficient (Wildman–Crippen LogP) is 6.98. The van der Waals surface area contributed by atoms with Crippen molar-refractivity contribution in [2.75, 3.05) is 0 Å². The van der Waals surface area contributed by atoms with Crippen molar-refractivity contribution in [2.45, 2.75) is 104 Å². The third-order valence-electron chi connectivity index (χ3n) is 5.28. The molecule has 0 amide bonds. The second-order valence-corrected chi connectivity index (χ2v) is 7.29. The molecule has 19 heavy (non-hydrogen) atoms. The summed E-state index contributed by atoms with van der Waals surface area (Å²) in [6.45, 7) is 7.18. The lowest BCUT2D eigenvalue weighted by Gasteiger charge is -2.24. The first-order chi connectivity index (χ1) is 9.24. The maximum atomic E-state index is 2.44. The van der Waals surface area contributed by atoms with Crippen molar-refractivity contribution < 1.29 is 0 Å². The van der Waals surface area contributed by atoms with E-state index < -0.39 is 0 Å². The SMILES string of the molecule is CCCCCCC(CCCC1CCCCC1)C(C)C. The molecule has 1 saturated carbocycles. The van der Waals surface area contributed by atoms with E-state index in [9.17, 15) is 0 Å². The second-order valence-electron chi connectivity index (χ2n) is 7.29. The zero-order chi connectivity index (χ0) is 13.9. The van der Waals surface area contributed by atoms with E-state index in [0.717, 1.165) is 17.8 Å². The third kappa shape index (κ3) is 8.00. The number of hydrogen-bond donors (Lipinski definition) is 0. The van der Waals surface area contributed by atoms with Crippen LogP contribution in [0.1, 0.15) is 104 Å². The van der Waals surface area contributed by atoms with E-state index >= 15 is 0 Å². The molecule has 0 N–H and O–H groups in total. The van der Waals surface area contributed by atoms with E-state index in [-0.39, 0.29) is 0 Å². The number of unbranched alkanes of at least 4 members (excludes halogenated alkanes) is 3. The van der Waals surface area contributed by atoms with Crippen LogP contribution in [0.25, 0.3) is 0 Å². The van der Waals surface area contributed by atoms with Gasteiger partial charge in [-0.25, -0.2) is 0 Å². The summed E-state index contributed by atoms with van der Waals surface area (Å²) in [5.41, 5.74) is 0. The first kappa shape index (κ1) is 17.1. The molecule has 0 bridgehead atoms. The molecule has 0 aromatic heterocycles. The quantitative estimate of drug-likeness (QED) is 0.374. The van der Waals surface area contributed by atoms with E-state index in [1.807, 2.05) is 0 Å². The Morgan fingerprint density at radius 1 is 0.842 bits per heavy atom. The molecule has 0 aromatic carbocycles. The van der Waals surface area contributed by atoms with Crippen molar-refractivity contribution in [2.24, 2.45) is 17.8 Å². The van der Waals surface area contributed by atoms with Crippen LogP contribution in [0.4, 0.5) is 0 Å². The fraction of sp³-hybridized carbons (Fsp3) is 1.00. The van der Waals surface area contributed by atoms with Crippen molar-refractivity contribution in [3.8, 4) is 0 Å². The summed E-state index contributed by atoms with van der Waals surface area (Å²) in [6, 6.07) is 0. The Labute approximate surface area is 122 Å². The van der Waals surface area contributed by atoms with Crippen LogP contribution in [0.3, 0.4) is 0 Å². The van der Waals surface area contributed by atoms with E-state index in [2.05, 4.69) is 20.8 Å². The summed E-state index contributed by atoms with van der Waals surface area (Å²) in [6.07, 6.45) is 19.3. The van der Waals surface area contributed by atoms with E-state index in [0.29, 0.717) is 0 Å². The highest BCUT2D eigenvalue weighted by atomic mass is 14.2. The fourth-order valence-corrected chi connectivity index (χ4v) is 3.79. The summed E-state index contributed by atoms with van der Waals surface area (Å²) in [4.78, 5) is 0. The summed E-state index contributed by atoms with van der Waals surface area (Å²) >= 11 is 0. The molecule has 1 aliphatic carbocycles. The normalized spacial score (nSPS) is 18.9. The maximum Gasteiger partial charge on any atom is -0.0391 e. The highest BCUT2D eigenvalue weighted by Gasteiger charge is 2.16. The lowest BCUT2D eigenvalue weighted by molar-refractivity contribution is 0.282. The number of hydrogen-bond acceptors (Lipinski definition) is 0. The molecule has 114 valence electrons. The van der Waals surface area contributed by atoms with Gasteiger partial charge in [-0.05, 0) is 17.8 Å². The standard InChI is InChI=1S/C19H38/c1-4-5-6-10-15-19(17(2)3)16-11-14-18-12-8-7-9-13-18/h17-19H,4-16H2,1-3H3. The molecule has 0 nitrogen and oxygen atoms in total. The molecule has 1 fully saturated rings. The van der Waals surface area contributed by atoms with Crippen LogP contribution in [0, 0.1) is 17.8 Å². The molecule has 1 atom stereocenters. The highest BCUT2D eigenvalue weighted by Crippen LogP contribution is 2.30. The third-order valence-corrected chi connectivity index (χ3v) is 5.28. The average molecular weight is 267 g/mol. The Bertz CT molecular complexity index is 188. The molecule has 0 aliphatic heterocycles. The van der Waals surface area contributed by atoms with Gasteiger partial charge in [-0.15, -0.1) is 0 Å². The van der Waals surface area contributed by atoms with Crippen LogP contribution in [-0.2, 0) is 0 Å². The molecule has 0 saturated heterocycles. The highest BCUT2D eigenvalue weighted by molar-refractivity contribution is 4.69. The molecular formula is C19H38. The predicted molar refractivity (Wildman–Crippen MR) is 87.5 cm³/mol. The minimum Gasteiger partial charge on any atom is -0.0654 e. The van der Waals surface area contributed by atoms with Crippen molar-refractivity contribution in [1.29, 1.82) is 0 Å². The Hall–Kier alpha value is 0. The Morgan fingerprint density at radius 3 is 2.16 bits per heavy atom. The molecular weight excluding hydrogens is 228 g/mol. The molecule has 0 radical (unpaired) electrons. The first-order valence-corrected chi connectivity index (χ1v) is 9.24. The smallest absolute Gasteiger partial charge is 0.0391 e. The first-order valence-electron chi connectivity index (χ1n) is 9.24. The van der Waals surface area contributed by atoms with Crippen molar-refractivity contribution in [3.05, 3.63) is 0 Å². The van der Waals surface area contributed by atoms with Gasteiger partial charge in [0.1, 0.15) is 0 Å². The van der Waals surface area contributed by atoms with Gasteiger partial charge in [0.15, 0.2) is 0 Å². The zero-order valence-corrected chi connectivity index (χ0v) is 13.9. The van der Waals surface area contributed by atoms with Crippen LogP contribution < -0.4 is 0 Å². The van der Waals surface area contributed by atoms with Gasteiger partial charge in [0.05, 0.1) is 0 Å². The van der Waals surface area contributed by atoms with Gasteiger partial charge in [-0.1, -0.05) is 104 Å². The topological polar surface area (TPSA) is 0 Å². The van der Waals surface area contributed by atoms with Gasteiger partial charge in [0, 0.05) is 0 Å². The lowest BCUT2D eigenvalue weighted by atomic mass is 9.82. The average Bonchev–Trinajstić information content (AvgIpc) is 2.42. The van der Waals surface area contributed by atoms with E-state index in [1.165, 1.54) is 83.5 Å². The van der Waals surface area contributed by atoms with Gasteiger partial charge in [0.25, 0.3) is 0 Å². The van der Waals surface area contributed by atoms with Gasteiger partial charge in [0.2, 0.25) is 0 Å². The summed E-state index contributed by atoms with van der Waals surface area (Å²) in [7, 11) is 0. The Morgan fingerprint density at radius 2 is 1.53 bits per heavy atom. The molecule has 0 spiro atoms. The largest absolute Gasteiger partial charge is 0.0654 e. The van der Waals surface area contributed by atoms with Crippen LogP contribution in [-0.4, -0.2) is 0 Å². The molecule has 1 aliphatic rings. The van der Waals surface area contributed by atoms with Gasteiger partial charge in [-0.3, -0.25) is 0 Å². The molecule has 0 heterocycles. The molecule has 0 heteroatoms. The van der Waals surface area contributed by atoms with Crippen LogP contribution in [0.2, 0.25) is 0 Å². The van der Waals surface area contributed by atoms with Crippen molar-refractivity contribution >= 4 is 0 Å². The molecule has 1 unspecified atom stereocenters. The van der Waals surface area contributed by atoms with Crippen molar-refractivity contribution in [1.82, 2.24) is 0 Å². The van der Waals surface area contributed by atoms with Gasteiger partial charge < -0.3 is 0 Å². The summed E-state index contributed by atoms with van der Waals surface area (Å²) in [5.74, 6) is 2.98. The molecule has 1 rings (SSSR count).